The lowest BCUT2D eigenvalue weighted by Crippen LogP contribution is -2.29. The van der Waals surface area contributed by atoms with E-state index in [-0.39, 0.29) is 5.91 Å². The zero-order valence-corrected chi connectivity index (χ0v) is 10.9. The fraction of sp³-hybridized carbons (Fsp3) is 0.188. The van der Waals surface area contributed by atoms with Crippen molar-refractivity contribution in [2.75, 3.05) is 17.2 Å². The van der Waals surface area contributed by atoms with Crippen molar-refractivity contribution in [2.24, 2.45) is 0 Å². The van der Waals surface area contributed by atoms with Gasteiger partial charge in [0.05, 0.1) is 0 Å². The number of aryl methyl sites for hydroxylation is 1. The third-order valence-corrected chi connectivity index (χ3v) is 3.48. The maximum absolute atomic E-state index is 12.6. The normalized spacial score (nSPS) is 13.4. The van der Waals surface area contributed by atoms with Gasteiger partial charge in [0.1, 0.15) is 0 Å². The van der Waals surface area contributed by atoms with Crippen molar-refractivity contribution in [2.45, 2.75) is 13.3 Å². The standard InChI is InChI=1S/C16H16N2O/c1-11-8-13(10-14(17)9-11)16(19)18-7-6-12-4-2-3-5-15(12)18/h2-5,8-10H,6-7,17H2,1H3. The van der Waals surface area contributed by atoms with Crippen molar-refractivity contribution < 1.29 is 4.79 Å². The van der Waals surface area contributed by atoms with Crippen LogP contribution in [0.5, 0.6) is 0 Å². The summed E-state index contributed by atoms with van der Waals surface area (Å²) in [7, 11) is 0. The molecule has 0 aromatic heterocycles. The minimum Gasteiger partial charge on any atom is -0.399 e. The van der Waals surface area contributed by atoms with Crippen LogP contribution in [0.4, 0.5) is 11.4 Å². The van der Waals surface area contributed by atoms with Gasteiger partial charge in [-0.25, -0.2) is 0 Å². The molecule has 1 aliphatic heterocycles. The average molecular weight is 252 g/mol. The number of hydrogen-bond donors (Lipinski definition) is 1. The number of carbonyl (C=O) groups excluding carboxylic acids is 1. The fourth-order valence-corrected chi connectivity index (χ4v) is 2.64. The molecular formula is C16H16N2O. The van der Waals surface area contributed by atoms with Crippen molar-refractivity contribution in [3.8, 4) is 0 Å². The van der Waals surface area contributed by atoms with Crippen LogP contribution in [0.1, 0.15) is 21.5 Å². The maximum Gasteiger partial charge on any atom is 0.258 e. The molecule has 3 rings (SSSR count). The van der Waals surface area contributed by atoms with Crippen LogP contribution in [-0.4, -0.2) is 12.5 Å². The molecule has 1 amide bonds. The molecule has 0 atom stereocenters. The van der Waals surface area contributed by atoms with E-state index in [0.29, 0.717) is 11.3 Å². The monoisotopic (exact) mass is 252 g/mol. The third kappa shape index (κ3) is 2.08. The van der Waals surface area contributed by atoms with Crippen LogP contribution in [0.3, 0.4) is 0 Å². The van der Waals surface area contributed by atoms with Crippen molar-refractivity contribution in [3.63, 3.8) is 0 Å². The Morgan fingerprint density at radius 3 is 2.79 bits per heavy atom. The van der Waals surface area contributed by atoms with Crippen LogP contribution in [-0.2, 0) is 6.42 Å². The van der Waals surface area contributed by atoms with E-state index in [9.17, 15) is 4.79 Å². The van der Waals surface area contributed by atoms with Gasteiger partial charge in [0.2, 0.25) is 0 Å². The number of nitrogens with zero attached hydrogens (tertiary/aromatic N) is 1. The van der Waals surface area contributed by atoms with Gasteiger partial charge in [-0.1, -0.05) is 18.2 Å². The summed E-state index contributed by atoms with van der Waals surface area (Å²) in [6, 6.07) is 13.6. The SMILES string of the molecule is Cc1cc(N)cc(C(=O)N2CCc3ccccc32)c1. The molecule has 0 saturated carbocycles. The number of carbonyl (C=O) groups is 1. The van der Waals surface area contributed by atoms with Gasteiger partial charge in [-0.15, -0.1) is 0 Å². The number of hydrogen-bond acceptors (Lipinski definition) is 2. The van der Waals surface area contributed by atoms with E-state index in [0.717, 1.165) is 24.2 Å². The van der Waals surface area contributed by atoms with Gasteiger partial charge in [-0.2, -0.15) is 0 Å². The lowest BCUT2D eigenvalue weighted by Gasteiger charge is -2.18. The zero-order valence-electron chi connectivity index (χ0n) is 10.9. The van der Waals surface area contributed by atoms with Gasteiger partial charge >= 0.3 is 0 Å². The summed E-state index contributed by atoms with van der Waals surface area (Å²) in [6.45, 7) is 2.69. The average Bonchev–Trinajstić information content (AvgIpc) is 2.80. The summed E-state index contributed by atoms with van der Waals surface area (Å²) >= 11 is 0. The number of benzene rings is 2. The number of anilines is 2. The van der Waals surface area contributed by atoms with Crippen molar-refractivity contribution in [1.29, 1.82) is 0 Å². The number of amides is 1. The molecule has 0 aliphatic carbocycles. The van der Waals surface area contributed by atoms with Gasteiger partial charge in [0.15, 0.2) is 0 Å². The predicted octanol–water partition coefficient (Wildman–Crippen LogP) is 2.78. The highest BCUT2D eigenvalue weighted by Gasteiger charge is 2.25. The number of rotatable bonds is 1. The second kappa shape index (κ2) is 4.43. The molecule has 0 radical (unpaired) electrons. The Morgan fingerprint density at radius 2 is 2.00 bits per heavy atom. The van der Waals surface area contributed by atoms with Gasteiger partial charge in [0, 0.05) is 23.5 Å². The fourth-order valence-electron chi connectivity index (χ4n) is 2.64. The van der Waals surface area contributed by atoms with Crippen LogP contribution in [0.25, 0.3) is 0 Å². The van der Waals surface area contributed by atoms with Crippen LogP contribution in [0.2, 0.25) is 0 Å². The molecule has 1 heterocycles. The number of nitrogen functional groups attached to an aromatic ring is 1. The molecule has 2 aromatic rings. The molecule has 3 nitrogen and oxygen atoms in total. The highest BCUT2D eigenvalue weighted by atomic mass is 16.2. The molecule has 3 heteroatoms. The van der Waals surface area contributed by atoms with Crippen LogP contribution < -0.4 is 10.6 Å². The van der Waals surface area contributed by atoms with E-state index in [4.69, 9.17) is 5.73 Å². The first-order chi connectivity index (χ1) is 9.15. The summed E-state index contributed by atoms with van der Waals surface area (Å²) in [4.78, 5) is 14.4. The molecule has 2 aromatic carbocycles. The Hall–Kier alpha value is -2.29. The molecule has 0 spiro atoms. The largest absolute Gasteiger partial charge is 0.399 e. The first-order valence-electron chi connectivity index (χ1n) is 6.42. The lowest BCUT2D eigenvalue weighted by molar-refractivity contribution is 0.0989. The molecule has 19 heavy (non-hydrogen) atoms. The molecule has 96 valence electrons. The summed E-state index contributed by atoms with van der Waals surface area (Å²) < 4.78 is 0. The number of nitrogens with two attached hydrogens (primary N) is 1. The van der Waals surface area contributed by atoms with Crippen molar-refractivity contribution in [1.82, 2.24) is 0 Å². The first-order valence-corrected chi connectivity index (χ1v) is 6.42. The van der Waals surface area contributed by atoms with Crippen molar-refractivity contribution in [3.05, 3.63) is 59.2 Å². The molecule has 0 bridgehead atoms. The van der Waals surface area contributed by atoms with Gasteiger partial charge in [-0.3, -0.25) is 4.79 Å². The Morgan fingerprint density at radius 1 is 1.21 bits per heavy atom. The van der Waals surface area contributed by atoms with Crippen LogP contribution in [0, 0.1) is 6.92 Å². The molecule has 1 aliphatic rings. The third-order valence-electron chi connectivity index (χ3n) is 3.48. The van der Waals surface area contributed by atoms with Crippen molar-refractivity contribution >= 4 is 17.3 Å². The van der Waals surface area contributed by atoms with Gasteiger partial charge in [-0.05, 0) is 48.7 Å². The minimum atomic E-state index is 0.0281. The van der Waals surface area contributed by atoms with E-state index in [1.165, 1.54) is 5.56 Å². The molecular weight excluding hydrogens is 236 g/mol. The van der Waals surface area contributed by atoms with E-state index in [1.807, 2.05) is 42.2 Å². The predicted molar refractivity (Wildman–Crippen MR) is 77.4 cm³/mol. The molecule has 0 fully saturated rings. The molecule has 0 saturated heterocycles. The molecule has 0 unspecified atom stereocenters. The summed E-state index contributed by atoms with van der Waals surface area (Å²) in [5.74, 6) is 0.0281. The Bertz CT molecular complexity index is 629. The Kier molecular flexibility index (Phi) is 2.75. The summed E-state index contributed by atoms with van der Waals surface area (Å²) in [6.07, 6.45) is 0.920. The summed E-state index contributed by atoms with van der Waals surface area (Å²) in [5, 5.41) is 0. The number of para-hydroxylation sites is 1. The van der Waals surface area contributed by atoms with Gasteiger partial charge in [0.25, 0.3) is 5.91 Å². The quantitative estimate of drug-likeness (QED) is 0.793. The van der Waals surface area contributed by atoms with Crippen LogP contribution in [0.15, 0.2) is 42.5 Å². The van der Waals surface area contributed by atoms with Crippen LogP contribution >= 0.6 is 0 Å². The van der Waals surface area contributed by atoms with Gasteiger partial charge < -0.3 is 10.6 Å². The van der Waals surface area contributed by atoms with E-state index < -0.39 is 0 Å². The number of fused-ring (bicyclic) bond motifs is 1. The Labute approximate surface area is 112 Å². The maximum atomic E-state index is 12.6. The van der Waals surface area contributed by atoms with E-state index >= 15 is 0 Å². The topological polar surface area (TPSA) is 46.3 Å². The lowest BCUT2D eigenvalue weighted by atomic mass is 10.1. The second-order valence-corrected chi connectivity index (χ2v) is 4.97. The second-order valence-electron chi connectivity index (χ2n) is 4.97. The highest BCUT2D eigenvalue weighted by Crippen LogP contribution is 2.29. The highest BCUT2D eigenvalue weighted by molar-refractivity contribution is 6.07. The smallest absolute Gasteiger partial charge is 0.258 e. The zero-order chi connectivity index (χ0) is 13.4. The van der Waals surface area contributed by atoms with E-state index in [1.54, 1.807) is 6.07 Å². The minimum absolute atomic E-state index is 0.0281. The Balaban J connectivity index is 1.98. The summed E-state index contributed by atoms with van der Waals surface area (Å²) in [5.41, 5.74) is 10.4. The first kappa shape index (κ1) is 11.8. The van der Waals surface area contributed by atoms with E-state index in [2.05, 4.69) is 6.07 Å². The molecule has 2 N–H and O–H groups in total.